The van der Waals surface area contributed by atoms with Gasteiger partial charge in [-0.3, -0.25) is 4.79 Å². The third-order valence-electron chi connectivity index (χ3n) is 9.08. The highest BCUT2D eigenvalue weighted by atomic mass is 16.2. The fraction of sp³-hybridized carbons (Fsp3) is 0.571. The van der Waals surface area contributed by atoms with Gasteiger partial charge in [-0.1, -0.05) is 19.3 Å². The highest BCUT2D eigenvalue weighted by molar-refractivity contribution is 5.99. The Hall–Kier alpha value is -3.20. The van der Waals surface area contributed by atoms with Crippen LogP contribution in [-0.2, 0) is 5.54 Å². The lowest BCUT2D eigenvalue weighted by molar-refractivity contribution is 0.0876. The van der Waals surface area contributed by atoms with Crippen molar-refractivity contribution in [2.45, 2.75) is 69.4 Å². The maximum Gasteiger partial charge on any atom is 0.268 e. The largest absolute Gasteiger partial charge is 0.370 e. The topological polar surface area (TPSA) is 91.2 Å². The number of carbonyl (C=O) groups is 1. The third-order valence-corrected chi connectivity index (χ3v) is 9.08. The molecule has 4 aliphatic rings. The summed E-state index contributed by atoms with van der Waals surface area (Å²) in [7, 11) is 0. The van der Waals surface area contributed by atoms with Crippen molar-refractivity contribution in [3.63, 3.8) is 0 Å². The van der Waals surface area contributed by atoms with Gasteiger partial charge in [0.15, 0.2) is 0 Å². The molecule has 1 amide bonds. The molecule has 3 aliphatic heterocycles. The molecule has 2 saturated heterocycles. The van der Waals surface area contributed by atoms with Gasteiger partial charge in [-0.05, 0) is 69.8 Å². The van der Waals surface area contributed by atoms with E-state index in [4.69, 9.17) is 4.98 Å². The second-order valence-electron chi connectivity index (χ2n) is 11.3. The molecular weight excluding hydrogens is 464 g/mol. The number of pyridine rings is 1. The molecule has 194 valence electrons. The zero-order valence-corrected chi connectivity index (χ0v) is 21.5. The minimum absolute atomic E-state index is 0.0257. The molecule has 1 aliphatic carbocycles. The number of hydrogen-bond acceptors (Lipinski definition) is 7. The molecular formula is C28H36N8O. The molecule has 7 rings (SSSR count). The molecule has 0 radical (unpaired) electrons. The van der Waals surface area contributed by atoms with Crippen molar-refractivity contribution in [1.82, 2.24) is 29.7 Å². The van der Waals surface area contributed by atoms with Gasteiger partial charge in [-0.2, -0.15) is 4.98 Å². The van der Waals surface area contributed by atoms with Crippen molar-refractivity contribution in [2.75, 3.05) is 42.9 Å². The summed E-state index contributed by atoms with van der Waals surface area (Å²) in [5.74, 6) is 1.21. The van der Waals surface area contributed by atoms with E-state index in [1.54, 1.807) is 0 Å². The van der Waals surface area contributed by atoms with E-state index in [0.717, 1.165) is 48.8 Å². The molecule has 6 heterocycles. The summed E-state index contributed by atoms with van der Waals surface area (Å²) in [4.78, 5) is 31.9. The van der Waals surface area contributed by atoms with Crippen molar-refractivity contribution in [3.05, 3.63) is 36.3 Å². The van der Waals surface area contributed by atoms with E-state index in [1.807, 2.05) is 24.5 Å². The monoisotopic (exact) mass is 500 g/mol. The Morgan fingerprint density at radius 3 is 2.51 bits per heavy atom. The van der Waals surface area contributed by atoms with Crippen LogP contribution in [0.2, 0.25) is 0 Å². The van der Waals surface area contributed by atoms with Crippen LogP contribution >= 0.6 is 0 Å². The molecule has 0 aromatic carbocycles. The van der Waals surface area contributed by atoms with Crippen LogP contribution in [0.3, 0.4) is 0 Å². The van der Waals surface area contributed by atoms with Crippen LogP contribution in [0.1, 0.15) is 68.3 Å². The standard InChI is InChI=1S/C28H36N8O/c37-26-23-16-20-17-30-27(33-25(20)36(23)28(19-31-26)10-2-3-11-28)32-24-7-6-22(18-29-24)35-14-8-21(9-15-35)34-12-4-1-5-13-34/h6-7,16-18,21H,1-5,8-15,19H2,(H,31,37)(H,29,30,32,33). The summed E-state index contributed by atoms with van der Waals surface area (Å²) >= 11 is 0. The Balaban J connectivity index is 1.06. The highest BCUT2D eigenvalue weighted by Gasteiger charge is 2.42. The van der Waals surface area contributed by atoms with Gasteiger partial charge in [0.25, 0.3) is 5.91 Å². The maximum atomic E-state index is 12.6. The molecule has 37 heavy (non-hydrogen) atoms. The lowest BCUT2D eigenvalue weighted by atomic mass is 9.94. The smallest absolute Gasteiger partial charge is 0.268 e. The summed E-state index contributed by atoms with van der Waals surface area (Å²) in [6, 6.07) is 6.83. The van der Waals surface area contributed by atoms with Crippen LogP contribution in [0.25, 0.3) is 11.0 Å². The molecule has 1 spiro atoms. The van der Waals surface area contributed by atoms with Gasteiger partial charge < -0.3 is 25.0 Å². The number of nitrogens with zero attached hydrogens (tertiary/aromatic N) is 6. The zero-order valence-electron chi connectivity index (χ0n) is 21.5. The zero-order chi connectivity index (χ0) is 24.8. The van der Waals surface area contributed by atoms with E-state index in [9.17, 15) is 4.79 Å². The van der Waals surface area contributed by atoms with Crippen LogP contribution in [0.4, 0.5) is 17.5 Å². The molecule has 0 bridgehead atoms. The normalized spacial score (nSPS) is 22.4. The predicted molar refractivity (Wildman–Crippen MR) is 144 cm³/mol. The van der Waals surface area contributed by atoms with Crippen molar-refractivity contribution < 1.29 is 4.79 Å². The van der Waals surface area contributed by atoms with Gasteiger partial charge in [-0.15, -0.1) is 0 Å². The number of piperidine rings is 2. The highest BCUT2D eigenvalue weighted by Crippen LogP contribution is 2.41. The first-order chi connectivity index (χ1) is 18.2. The van der Waals surface area contributed by atoms with E-state index in [1.165, 1.54) is 63.7 Å². The quantitative estimate of drug-likeness (QED) is 0.559. The lowest BCUT2D eigenvalue weighted by Crippen LogP contribution is -2.50. The number of anilines is 3. The first-order valence-electron chi connectivity index (χ1n) is 14.1. The Labute approximate surface area is 217 Å². The van der Waals surface area contributed by atoms with Crippen LogP contribution < -0.4 is 15.5 Å². The summed E-state index contributed by atoms with van der Waals surface area (Å²) in [6.07, 6.45) is 14.8. The van der Waals surface area contributed by atoms with Gasteiger partial charge in [0.2, 0.25) is 5.95 Å². The number of nitrogens with one attached hydrogen (secondary N) is 2. The van der Waals surface area contributed by atoms with Crippen molar-refractivity contribution in [2.24, 2.45) is 0 Å². The number of fused-ring (bicyclic) bond motifs is 4. The second-order valence-corrected chi connectivity index (χ2v) is 11.3. The Morgan fingerprint density at radius 1 is 0.946 bits per heavy atom. The lowest BCUT2D eigenvalue weighted by Gasteiger charge is -2.40. The van der Waals surface area contributed by atoms with E-state index in [-0.39, 0.29) is 11.4 Å². The van der Waals surface area contributed by atoms with Crippen LogP contribution in [0.15, 0.2) is 30.6 Å². The van der Waals surface area contributed by atoms with Crippen LogP contribution in [-0.4, -0.2) is 69.1 Å². The van der Waals surface area contributed by atoms with Gasteiger partial charge in [0, 0.05) is 37.3 Å². The van der Waals surface area contributed by atoms with Crippen molar-refractivity contribution in [1.29, 1.82) is 0 Å². The minimum Gasteiger partial charge on any atom is -0.370 e. The second kappa shape index (κ2) is 9.28. The average Bonchev–Trinajstić information content (AvgIpc) is 3.58. The molecule has 3 fully saturated rings. The maximum absolute atomic E-state index is 12.6. The van der Waals surface area contributed by atoms with Crippen LogP contribution in [0, 0.1) is 0 Å². The van der Waals surface area contributed by atoms with E-state index in [2.05, 4.69) is 41.0 Å². The predicted octanol–water partition coefficient (Wildman–Crippen LogP) is 4.04. The Kier molecular flexibility index (Phi) is 5.75. The van der Waals surface area contributed by atoms with Crippen molar-refractivity contribution >= 4 is 34.4 Å². The van der Waals surface area contributed by atoms with E-state index < -0.39 is 0 Å². The van der Waals surface area contributed by atoms with Crippen molar-refractivity contribution in [3.8, 4) is 0 Å². The van der Waals surface area contributed by atoms with Crippen LogP contribution in [0.5, 0.6) is 0 Å². The minimum atomic E-state index is -0.0715. The molecule has 3 aromatic heterocycles. The SMILES string of the molecule is O=C1NCC2(CCCC2)n2c1cc1cnc(Nc3ccc(N4CCC(N5CCCCC5)CC4)cn3)nc12. The summed E-state index contributed by atoms with van der Waals surface area (Å²) in [5, 5.41) is 7.29. The number of hydrogen-bond donors (Lipinski definition) is 2. The fourth-order valence-corrected chi connectivity index (χ4v) is 7.08. The fourth-order valence-electron chi connectivity index (χ4n) is 7.08. The molecule has 0 atom stereocenters. The molecule has 9 nitrogen and oxygen atoms in total. The van der Waals surface area contributed by atoms with Gasteiger partial charge in [0.05, 0.1) is 17.4 Å². The van der Waals surface area contributed by atoms with Gasteiger partial charge >= 0.3 is 0 Å². The summed E-state index contributed by atoms with van der Waals surface area (Å²) in [6.45, 7) is 5.41. The first kappa shape index (κ1) is 23.0. The molecule has 3 aromatic rings. The van der Waals surface area contributed by atoms with Gasteiger partial charge in [-0.25, -0.2) is 9.97 Å². The summed E-state index contributed by atoms with van der Waals surface area (Å²) < 4.78 is 2.19. The number of amides is 1. The first-order valence-corrected chi connectivity index (χ1v) is 14.1. The molecule has 9 heteroatoms. The number of aromatic nitrogens is 4. The summed E-state index contributed by atoms with van der Waals surface area (Å²) in [5.41, 5.74) is 2.63. The number of likely N-dealkylation sites (tertiary alicyclic amines) is 1. The number of rotatable bonds is 4. The third kappa shape index (κ3) is 4.13. The Morgan fingerprint density at radius 2 is 1.76 bits per heavy atom. The molecule has 1 saturated carbocycles. The van der Waals surface area contributed by atoms with Gasteiger partial charge in [0.1, 0.15) is 17.2 Å². The Bertz CT molecular complexity index is 1280. The van der Waals surface area contributed by atoms with E-state index in [0.29, 0.717) is 18.2 Å². The van der Waals surface area contributed by atoms with E-state index >= 15 is 0 Å². The molecule has 2 N–H and O–H groups in total. The molecule has 0 unspecified atom stereocenters. The number of carbonyl (C=O) groups excluding carboxylic acids is 1. The average molecular weight is 501 g/mol.